The van der Waals surface area contributed by atoms with E-state index in [1.54, 1.807) is 17.0 Å². The normalized spacial score (nSPS) is 14.4. The largest absolute Gasteiger partial charge is 0.346 e. The molecular formula is C19H20N4O3S. The predicted octanol–water partition coefficient (Wildman–Crippen LogP) is 2.40. The number of anilines is 1. The maximum Gasteiger partial charge on any atom is 0.215 e. The molecule has 0 atom stereocenters. The van der Waals surface area contributed by atoms with Crippen molar-refractivity contribution in [3.05, 3.63) is 48.2 Å². The second kappa shape index (κ2) is 6.79. The molecule has 2 heterocycles. The summed E-state index contributed by atoms with van der Waals surface area (Å²) in [5, 5.41) is 0.955. The average molecular weight is 384 g/mol. The molecule has 1 saturated carbocycles. The first kappa shape index (κ1) is 17.7. The lowest BCUT2D eigenvalue weighted by Gasteiger charge is -2.17. The third-order valence-corrected chi connectivity index (χ3v) is 6.10. The Morgan fingerprint density at radius 2 is 2.00 bits per heavy atom. The number of nitrogens with one attached hydrogen (secondary N) is 2. The first-order valence-electron chi connectivity index (χ1n) is 8.73. The number of aromatic amines is 1. The van der Waals surface area contributed by atoms with Gasteiger partial charge in [-0.05, 0) is 48.7 Å². The number of hydrogen-bond donors (Lipinski definition) is 2. The van der Waals surface area contributed by atoms with E-state index in [9.17, 15) is 13.2 Å². The molecule has 0 saturated heterocycles. The van der Waals surface area contributed by atoms with Crippen LogP contribution in [0, 0.1) is 0 Å². The van der Waals surface area contributed by atoms with E-state index >= 15 is 0 Å². The van der Waals surface area contributed by atoms with Gasteiger partial charge in [0.1, 0.15) is 11.5 Å². The van der Waals surface area contributed by atoms with Crippen LogP contribution in [0.4, 0.5) is 5.82 Å². The highest BCUT2D eigenvalue weighted by Crippen LogP contribution is 2.35. The van der Waals surface area contributed by atoms with Gasteiger partial charge in [0, 0.05) is 17.6 Å². The number of carbonyl (C=O) groups is 1. The second-order valence-corrected chi connectivity index (χ2v) is 8.60. The molecule has 0 aliphatic heterocycles. The van der Waals surface area contributed by atoms with E-state index in [4.69, 9.17) is 0 Å². The van der Waals surface area contributed by atoms with E-state index in [1.165, 1.54) is 7.05 Å². The van der Waals surface area contributed by atoms with E-state index in [2.05, 4.69) is 14.7 Å². The van der Waals surface area contributed by atoms with Gasteiger partial charge in [-0.1, -0.05) is 24.3 Å². The highest BCUT2D eigenvalue weighted by atomic mass is 32.2. The number of hydrogen-bond acceptors (Lipinski definition) is 4. The smallest absolute Gasteiger partial charge is 0.215 e. The van der Waals surface area contributed by atoms with Crippen molar-refractivity contribution in [2.45, 2.75) is 24.6 Å². The van der Waals surface area contributed by atoms with Gasteiger partial charge < -0.3 is 4.98 Å². The Morgan fingerprint density at radius 1 is 1.26 bits per heavy atom. The average Bonchev–Trinajstić information content (AvgIpc) is 3.38. The molecule has 3 aromatic rings. The summed E-state index contributed by atoms with van der Waals surface area (Å²) in [4.78, 5) is 20.9. The molecule has 0 bridgehead atoms. The van der Waals surface area contributed by atoms with E-state index in [0.29, 0.717) is 11.4 Å². The Balaban J connectivity index is 1.74. The number of nitrogens with zero attached hydrogens (tertiary/aromatic N) is 2. The summed E-state index contributed by atoms with van der Waals surface area (Å²) in [6.07, 6.45) is 4.64. The van der Waals surface area contributed by atoms with Crippen molar-refractivity contribution in [1.29, 1.82) is 0 Å². The summed E-state index contributed by atoms with van der Waals surface area (Å²) in [7, 11) is -1.90. The third kappa shape index (κ3) is 3.58. The third-order valence-electron chi connectivity index (χ3n) is 4.77. The van der Waals surface area contributed by atoms with Crippen molar-refractivity contribution >= 4 is 33.3 Å². The lowest BCUT2D eigenvalue weighted by molar-refractivity contribution is -0.107. The molecule has 0 spiro atoms. The van der Waals surface area contributed by atoms with E-state index in [1.807, 2.05) is 30.5 Å². The van der Waals surface area contributed by atoms with Gasteiger partial charge in [-0.15, -0.1) is 0 Å². The van der Waals surface area contributed by atoms with Crippen molar-refractivity contribution in [3.63, 3.8) is 0 Å². The molecule has 1 aliphatic rings. The van der Waals surface area contributed by atoms with Gasteiger partial charge in [-0.3, -0.25) is 9.69 Å². The van der Waals surface area contributed by atoms with Crippen LogP contribution in [0.15, 0.2) is 42.6 Å². The van der Waals surface area contributed by atoms with Crippen molar-refractivity contribution in [3.8, 4) is 11.1 Å². The molecule has 140 valence electrons. The number of carbonyl (C=O) groups excluding carboxylic acids is 1. The molecule has 4 rings (SSSR count). The minimum Gasteiger partial charge on any atom is -0.346 e. The van der Waals surface area contributed by atoms with Crippen LogP contribution in [0.3, 0.4) is 0 Å². The number of amides is 1. The van der Waals surface area contributed by atoms with Gasteiger partial charge in [-0.2, -0.15) is 0 Å². The molecule has 1 fully saturated rings. The molecule has 0 radical (unpaired) electrons. The number of sulfonamides is 1. The lowest BCUT2D eigenvalue weighted by atomic mass is 10.0. The van der Waals surface area contributed by atoms with Gasteiger partial charge in [0.2, 0.25) is 16.4 Å². The number of rotatable bonds is 7. The number of pyridine rings is 1. The summed E-state index contributed by atoms with van der Waals surface area (Å²) in [6.45, 7) is 0. The molecular weight excluding hydrogens is 364 g/mol. The first-order valence-corrected chi connectivity index (χ1v) is 10.4. The van der Waals surface area contributed by atoms with Crippen LogP contribution < -0.4 is 9.62 Å². The van der Waals surface area contributed by atoms with Crippen molar-refractivity contribution < 1.29 is 13.2 Å². The predicted molar refractivity (Wildman–Crippen MR) is 105 cm³/mol. The Labute approximate surface area is 157 Å². The number of benzene rings is 1. The van der Waals surface area contributed by atoms with Crippen LogP contribution in [-0.4, -0.2) is 37.9 Å². The van der Waals surface area contributed by atoms with Crippen LogP contribution in [0.2, 0.25) is 0 Å². The Bertz CT molecular complexity index is 1090. The minimum atomic E-state index is -3.31. The quantitative estimate of drug-likeness (QED) is 0.612. The zero-order chi connectivity index (χ0) is 19.0. The van der Waals surface area contributed by atoms with E-state index in [-0.39, 0.29) is 11.8 Å². The molecule has 1 aliphatic carbocycles. The monoisotopic (exact) mass is 384 g/mol. The zero-order valence-electron chi connectivity index (χ0n) is 14.8. The Morgan fingerprint density at radius 3 is 2.63 bits per heavy atom. The van der Waals surface area contributed by atoms with Gasteiger partial charge in [0.05, 0.1) is 5.75 Å². The number of aromatic nitrogens is 2. The van der Waals surface area contributed by atoms with Gasteiger partial charge in [0.25, 0.3) is 0 Å². The first-order chi connectivity index (χ1) is 13.0. The molecule has 7 nitrogen and oxygen atoms in total. The van der Waals surface area contributed by atoms with Crippen molar-refractivity contribution in [1.82, 2.24) is 14.7 Å². The molecule has 1 amide bonds. The summed E-state index contributed by atoms with van der Waals surface area (Å²) < 4.78 is 25.8. The minimum absolute atomic E-state index is 0.0639. The zero-order valence-corrected chi connectivity index (χ0v) is 15.7. The van der Waals surface area contributed by atoms with E-state index < -0.39 is 10.0 Å². The Kier molecular flexibility index (Phi) is 4.45. The molecule has 27 heavy (non-hydrogen) atoms. The molecule has 0 unspecified atom stereocenters. The molecule has 1 aromatic carbocycles. The second-order valence-electron chi connectivity index (χ2n) is 6.67. The summed E-state index contributed by atoms with van der Waals surface area (Å²) in [5.74, 6) is 0.560. The summed E-state index contributed by atoms with van der Waals surface area (Å²) in [6, 6.07) is 11.5. The topological polar surface area (TPSA) is 95.2 Å². The maximum absolute atomic E-state index is 11.7. The van der Waals surface area contributed by atoms with Crippen LogP contribution in [-0.2, 0) is 20.6 Å². The van der Waals surface area contributed by atoms with Crippen LogP contribution in [0.25, 0.3) is 22.2 Å². The number of H-pyrrole nitrogens is 1. The fraction of sp³-hybridized carbons (Fsp3) is 0.263. The molecule has 2 aromatic heterocycles. The van der Waals surface area contributed by atoms with Crippen LogP contribution in [0.1, 0.15) is 18.4 Å². The van der Waals surface area contributed by atoms with Crippen LogP contribution in [0.5, 0.6) is 0 Å². The van der Waals surface area contributed by atoms with Crippen LogP contribution >= 0.6 is 0 Å². The maximum atomic E-state index is 11.7. The molecule has 2 N–H and O–H groups in total. The number of fused-ring (bicyclic) bond motifs is 1. The van der Waals surface area contributed by atoms with Gasteiger partial charge in [0.15, 0.2) is 0 Å². The Hall–Kier alpha value is -2.71. The summed E-state index contributed by atoms with van der Waals surface area (Å²) in [5.41, 5.74) is 3.32. The van der Waals surface area contributed by atoms with Crippen molar-refractivity contribution in [2.24, 2.45) is 0 Å². The van der Waals surface area contributed by atoms with Crippen molar-refractivity contribution in [2.75, 3.05) is 11.9 Å². The fourth-order valence-corrected chi connectivity index (χ4v) is 3.92. The summed E-state index contributed by atoms with van der Waals surface area (Å²) >= 11 is 0. The lowest BCUT2D eigenvalue weighted by Crippen LogP contribution is -2.24. The molecule has 8 heteroatoms. The standard InChI is InChI=1S/C19H20N4O3S/c1-20-27(25,26)11-13-2-4-14(5-3-13)17-10-18(23(12-24)15-6-7-15)22-19-16(17)8-9-21-19/h2-5,8-10,12,15,20H,6-7,11H2,1H3,(H,21,22). The highest BCUT2D eigenvalue weighted by molar-refractivity contribution is 7.88. The van der Waals surface area contributed by atoms with E-state index in [0.717, 1.165) is 41.4 Å². The highest BCUT2D eigenvalue weighted by Gasteiger charge is 2.30. The SMILES string of the molecule is CNS(=O)(=O)Cc1ccc(-c2cc(N(C=O)C3CC3)nc3[nH]ccc23)cc1. The fourth-order valence-electron chi connectivity index (χ4n) is 3.15. The van der Waals surface area contributed by atoms with Gasteiger partial charge in [-0.25, -0.2) is 18.1 Å². The van der Waals surface area contributed by atoms with Gasteiger partial charge >= 0.3 is 0 Å².